The second kappa shape index (κ2) is 4.92. The van der Waals surface area contributed by atoms with Crippen molar-refractivity contribution in [3.63, 3.8) is 0 Å². The topological polar surface area (TPSA) is 9.23 Å². The molecule has 0 radical (unpaired) electrons. The van der Waals surface area contributed by atoms with Crippen LogP contribution in [0.2, 0.25) is 0 Å². The van der Waals surface area contributed by atoms with Crippen molar-refractivity contribution >= 4 is 0 Å². The first-order valence-corrected chi connectivity index (χ1v) is 5.13. The third-order valence-electron chi connectivity index (χ3n) is 2.24. The molecule has 0 aliphatic heterocycles. The summed E-state index contributed by atoms with van der Waals surface area (Å²) in [6, 6.07) is 14.7. The minimum Gasteiger partial charge on any atom is -0.457 e. The molecule has 0 saturated heterocycles. The number of rotatable bonds is 2. The summed E-state index contributed by atoms with van der Waals surface area (Å²) in [5.74, 6) is 6.53. The van der Waals surface area contributed by atoms with Crippen LogP contribution in [-0.4, -0.2) is 0 Å². The normalized spacial score (nSPS) is 9.06. The summed E-state index contributed by atoms with van der Waals surface area (Å²) in [6.07, 6.45) is 10.7. The van der Waals surface area contributed by atoms with E-state index in [9.17, 15) is 0 Å². The Balaban J connectivity index is 2.26. The van der Waals surface area contributed by atoms with E-state index in [1.54, 1.807) is 0 Å². The van der Waals surface area contributed by atoms with E-state index in [1.165, 1.54) is 0 Å². The first-order valence-electron chi connectivity index (χ1n) is 5.13. The van der Waals surface area contributed by atoms with Crippen molar-refractivity contribution in [2.45, 2.75) is 0 Å². The molecule has 0 aliphatic carbocycles. The maximum absolute atomic E-state index is 5.67. The summed E-state index contributed by atoms with van der Waals surface area (Å²) >= 11 is 0. The molecule has 0 N–H and O–H groups in total. The molecule has 80 valence electrons. The van der Waals surface area contributed by atoms with E-state index in [4.69, 9.17) is 17.6 Å². The molecule has 2 aromatic carbocycles. The zero-order chi connectivity index (χ0) is 12.1. The van der Waals surface area contributed by atoms with E-state index in [1.807, 2.05) is 48.5 Å². The Labute approximate surface area is 101 Å². The van der Waals surface area contributed by atoms with Gasteiger partial charge in [-0.1, -0.05) is 24.0 Å². The van der Waals surface area contributed by atoms with Crippen molar-refractivity contribution in [2.24, 2.45) is 0 Å². The number of terminal acetylenes is 2. The van der Waals surface area contributed by atoms with Gasteiger partial charge in [0.05, 0.1) is 0 Å². The third kappa shape index (κ3) is 2.68. The van der Waals surface area contributed by atoms with Gasteiger partial charge in [0, 0.05) is 11.1 Å². The van der Waals surface area contributed by atoms with Crippen molar-refractivity contribution in [3.05, 3.63) is 59.7 Å². The molecule has 0 spiro atoms. The van der Waals surface area contributed by atoms with Crippen molar-refractivity contribution < 1.29 is 4.74 Å². The number of ether oxygens (including phenoxy) is 1. The summed E-state index contributed by atoms with van der Waals surface area (Å²) in [5, 5.41) is 0. The quantitative estimate of drug-likeness (QED) is 0.701. The maximum atomic E-state index is 5.67. The molecule has 0 saturated carbocycles. The van der Waals surface area contributed by atoms with Crippen LogP contribution in [-0.2, 0) is 0 Å². The Morgan fingerprint density at radius 2 is 1.24 bits per heavy atom. The molecule has 0 amide bonds. The van der Waals surface area contributed by atoms with Crippen LogP contribution in [0.1, 0.15) is 11.1 Å². The Kier molecular flexibility index (Phi) is 3.15. The van der Waals surface area contributed by atoms with Gasteiger partial charge in [0.2, 0.25) is 0 Å². The molecule has 17 heavy (non-hydrogen) atoms. The molecular weight excluding hydrogens is 208 g/mol. The molecule has 0 fully saturated rings. The standard InChI is InChI=1S/C16H10O/c1-3-13-7-5-9-15(11-13)17-16-10-6-8-14(4-2)12-16/h1-2,5-12H. The molecule has 0 aliphatic rings. The van der Waals surface area contributed by atoms with Crippen LogP contribution in [0.15, 0.2) is 48.5 Å². The van der Waals surface area contributed by atoms with Crippen molar-refractivity contribution in [2.75, 3.05) is 0 Å². The van der Waals surface area contributed by atoms with Gasteiger partial charge in [-0.05, 0) is 36.4 Å². The minimum absolute atomic E-state index is 0.703. The summed E-state index contributed by atoms with van der Waals surface area (Å²) in [4.78, 5) is 0. The Morgan fingerprint density at radius 1 is 0.765 bits per heavy atom. The second-order valence-electron chi connectivity index (χ2n) is 3.45. The lowest BCUT2D eigenvalue weighted by atomic mass is 10.2. The maximum Gasteiger partial charge on any atom is 0.128 e. The van der Waals surface area contributed by atoms with Crippen LogP contribution in [0.5, 0.6) is 11.5 Å². The highest BCUT2D eigenvalue weighted by atomic mass is 16.5. The van der Waals surface area contributed by atoms with Gasteiger partial charge in [0.15, 0.2) is 0 Å². The van der Waals surface area contributed by atoms with E-state index in [0.717, 1.165) is 11.1 Å². The van der Waals surface area contributed by atoms with E-state index < -0.39 is 0 Å². The highest BCUT2D eigenvalue weighted by Gasteiger charge is 1.98. The van der Waals surface area contributed by atoms with Gasteiger partial charge in [0.25, 0.3) is 0 Å². The van der Waals surface area contributed by atoms with Crippen molar-refractivity contribution in [1.82, 2.24) is 0 Å². The number of hydrogen-bond acceptors (Lipinski definition) is 1. The Bertz CT molecular complexity index is 556. The highest BCUT2D eigenvalue weighted by molar-refractivity contribution is 5.43. The first-order chi connectivity index (χ1) is 8.31. The van der Waals surface area contributed by atoms with Crippen LogP contribution in [0, 0.1) is 24.7 Å². The van der Waals surface area contributed by atoms with Crippen molar-refractivity contribution in [1.29, 1.82) is 0 Å². The molecule has 0 bridgehead atoms. The fourth-order valence-electron chi connectivity index (χ4n) is 1.43. The summed E-state index contributed by atoms with van der Waals surface area (Å²) in [6.45, 7) is 0. The molecule has 2 aromatic rings. The summed E-state index contributed by atoms with van der Waals surface area (Å²) < 4.78 is 5.67. The van der Waals surface area contributed by atoms with E-state index >= 15 is 0 Å². The minimum atomic E-state index is 0.703. The molecule has 1 nitrogen and oxygen atoms in total. The van der Waals surface area contributed by atoms with Crippen LogP contribution in [0.25, 0.3) is 0 Å². The molecular formula is C16H10O. The van der Waals surface area contributed by atoms with Crippen LogP contribution in [0.3, 0.4) is 0 Å². The molecule has 2 rings (SSSR count). The van der Waals surface area contributed by atoms with Gasteiger partial charge >= 0.3 is 0 Å². The van der Waals surface area contributed by atoms with Gasteiger partial charge in [0.1, 0.15) is 11.5 Å². The average molecular weight is 218 g/mol. The molecule has 1 heteroatoms. The lowest BCUT2D eigenvalue weighted by Gasteiger charge is -2.06. The smallest absolute Gasteiger partial charge is 0.128 e. The Morgan fingerprint density at radius 3 is 1.65 bits per heavy atom. The third-order valence-corrected chi connectivity index (χ3v) is 2.24. The Hall–Kier alpha value is -2.64. The first kappa shape index (κ1) is 10.9. The number of hydrogen-bond donors (Lipinski definition) is 0. The van der Waals surface area contributed by atoms with Crippen molar-refractivity contribution in [3.8, 4) is 36.2 Å². The summed E-state index contributed by atoms with van der Waals surface area (Å²) in [5.41, 5.74) is 1.58. The zero-order valence-electron chi connectivity index (χ0n) is 9.18. The van der Waals surface area contributed by atoms with Gasteiger partial charge in [-0.15, -0.1) is 12.8 Å². The summed E-state index contributed by atoms with van der Waals surface area (Å²) in [7, 11) is 0. The van der Waals surface area contributed by atoms with Gasteiger partial charge in [-0.2, -0.15) is 0 Å². The van der Waals surface area contributed by atoms with Gasteiger partial charge < -0.3 is 4.74 Å². The molecule has 0 unspecified atom stereocenters. The predicted molar refractivity (Wildman–Crippen MR) is 68.8 cm³/mol. The molecule has 0 heterocycles. The monoisotopic (exact) mass is 218 g/mol. The van der Waals surface area contributed by atoms with E-state index in [0.29, 0.717) is 11.5 Å². The van der Waals surface area contributed by atoms with E-state index in [2.05, 4.69) is 11.8 Å². The molecule has 0 aromatic heterocycles. The molecule has 0 atom stereocenters. The fraction of sp³-hybridized carbons (Fsp3) is 0. The lowest BCUT2D eigenvalue weighted by Crippen LogP contribution is -1.85. The van der Waals surface area contributed by atoms with Gasteiger partial charge in [-0.25, -0.2) is 0 Å². The average Bonchev–Trinajstić information content (AvgIpc) is 2.39. The predicted octanol–water partition coefficient (Wildman–Crippen LogP) is 3.44. The van der Waals surface area contributed by atoms with Gasteiger partial charge in [-0.3, -0.25) is 0 Å². The van der Waals surface area contributed by atoms with Crippen LogP contribution < -0.4 is 4.74 Å². The van der Waals surface area contributed by atoms with Crippen LogP contribution in [0.4, 0.5) is 0 Å². The largest absolute Gasteiger partial charge is 0.457 e. The number of benzene rings is 2. The second-order valence-corrected chi connectivity index (χ2v) is 3.45. The van der Waals surface area contributed by atoms with Crippen LogP contribution >= 0.6 is 0 Å². The fourth-order valence-corrected chi connectivity index (χ4v) is 1.43. The highest BCUT2D eigenvalue weighted by Crippen LogP contribution is 2.22. The lowest BCUT2D eigenvalue weighted by molar-refractivity contribution is 0.482. The SMILES string of the molecule is C#Cc1cccc(Oc2cccc(C#C)c2)c1. The zero-order valence-corrected chi connectivity index (χ0v) is 9.18. The van der Waals surface area contributed by atoms with E-state index in [-0.39, 0.29) is 0 Å².